The second-order valence-corrected chi connectivity index (χ2v) is 2.36. The number of unbranched alkanes of at least 4 members (excludes halogenated alkanes) is 1. The van der Waals surface area contributed by atoms with E-state index in [0.717, 1.165) is 12.8 Å². The van der Waals surface area contributed by atoms with Gasteiger partial charge in [0, 0.05) is 20.3 Å². The smallest absolute Gasteiger partial charge is 0.0805 e. The van der Waals surface area contributed by atoms with Crippen LogP contribution in [0.4, 0.5) is 0 Å². The Balaban J connectivity index is 2.89. The molecule has 0 amide bonds. The summed E-state index contributed by atoms with van der Waals surface area (Å²) in [5.41, 5.74) is 0. The van der Waals surface area contributed by atoms with E-state index in [-0.39, 0.29) is 12.7 Å². The fourth-order valence-electron chi connectivity index (χ4n) is 0.599. The molecule has 1 atom stereocenters. The van der Waals surface area contributed by atoms with Gasteiger partial charge in [0.2, 0.25) is 0 Å². The Hall–Kier alpha value is -0.120. The summed E-state index contributed by atoms with van der Waals surface area (Å²) in [7, 11) is 1.61. The molecule has 3 heteroatoms. The molecule has 0 aromatic carbocycles. The molecule has 0 saturated carbocycles. The van der Waals surface area contributed by atoms with Crippen LogP contribution in [-0.2, 0) is 9.47 Å². The van der Waals surface area contributed by atoms with Crippen LogP contribution in [0.25, 0.3) is 0 Å². The van der Waals surface area contributed by atoms with Crippen molar-refractivity contribution in [1.82, 2.24) is 0 Å². The largest absolute Gasteiger partial charge is 0.396 e. The maximum atomic E-state index is 8.43. The number of hydrogen-bond acceptors (Lipinski definition) is 3. The molecular formula is C8H17O3. The van der Waals surface area contributed by atoms with Crippen molar-refractivity contribution in [3.05, 3.63) is 6.92 Å². The summed E-state index contributed by atoms with van der Waals surface area (Å²) in [6, 6.07) is 0. The minimum atomic E-state index is -0.0795. The third kappa shape index (κ3) is 7.78. The fourth-order valence-corrected chi connectivity index (χ4v) is 0.599. The molecule has 0 bridgehead atoms. The summed E-state index contributed by atoms with van der Waals surface area (Å²) < 4.78 is 10.1. The molecule has 0 spiro atoms. The number of aliphatic hydroxyl groups excluding tert-OH is 1. The lowest BCUT2D eigenvalue weighted by Crippen LogP contribution is -2.14. The van der Waals surface area contributed by atoms with Gasteiger partial charge in [-0.2, -0.15) is 0 Å². The lowest BCUT2D eigenvalue weighted by atomic mass is 10.3. The van der Waals surface area contributed by atoms with E-state index in [2.05, 4.69) is 6.92 Å². The highest BCUT2D eigenvalue weighted by Crippen LogP contribution is 1.92. The standard InChI is InChI=1S/C8H17O3/c1-8(10-2)7-11-6-4-3-5-9/h8-9H,1,3-7H2,2H3. The highest BCUT2D eigenvalue weighted by atomic mass is 16.5. The minimum Gasteiger partial charge on any atom is -0.396 e. The quantitative estimate of drug-likeness (QED) is 0.556. The van der Waals surface area contributed by atoms with Gasteiger partial charge < -0.3 is 14.6 Å². The monoisotopic (exact) mass is 161 g/mol. The topological polar surface area (TPSA) is 38.7 Å². The van der Waals surface area contributed by atoms with Crippen molar-refractivity contribution in [1.29, 1.82) is 0 Å². The van der Waals surface area contributed by atoms with E-state index in [1.165, 1.54) is 0 Å². The molecule has 0 aromatic heterocycles. The molecule has 0 aliphatic rings. The van der Waals surface area contributed by atoms with Crippen LogP contribution in [-0.4, -0.2) is 38.1 Å². The molecule has 1 radical (unpaired) electrons. The number of ether oxygens (including phenoxy) is 2. The molecular weight excluding hydrogens is 144 g/mol. The second kappa shape index (κ2) is 7.98. The van der Waals surface area contributed by atoms with Gasteiger partial charge in [0.1, 0.15) is 0 Å². The van der Waals surface area contributed by atoms with Gasteiger partial charge in [-0.3, -0.25) is 0 Å². The number of methoxy groups -OCH3 is 1. The molecule has 0 aromatic rings. The van der Waals surface area contributed by atoms with Crippen LogP contribution in [0.5, 0.6) is 0 Å². The molecule has 0 saturated heterocycles. The predicted molar refractivity (Wildman–Crippen MR) is 43.3 cm³/mol. The molecule has 3 nitrogen and oxygen atoms in total. The molecule has 0 fully saturated rings. The average molecular weight is 161 g/mol. The maximum Gasteiger partial charge on any atom is 0.0805 e. The van der Waals surface area contributed by atoms with Crippen LogP contribution in [0, 0.1) is 6.92 Å². The Labute approximate surface area is 68.3 Å². The van der Waals surface area contributed by atoms with Gasteiger partial charge in [-0.15, -0.1) is 0 Å². The van der Waals surface area contributed by atoms with Gasteiger partial charge in [0.15, 0.2) is 0 Å². The normalized spacial score (nSPS) is 13.4. The van der Waals surface area contributed by atoms with Gasteiger partial charge in [-0.05, 0) is 19.8 Å². The predicted octanol–water partition coefficient (Wildman–Crippen LogP) is 0.625. The first-order valence-corrected chi connectivity index (χ1v) is 3.85. The molecule has 0 aliphatic heterocycles. The van der Waals surface area contributed by atoms with E-state index in [1.54, 1.807) is 7.11 Å². The van der Waals surface area contributed by atoms with Gasteiger partial charge >= 0.3 is 0 Å². The molecule has 1 unspecified atom stereocenters. The Bertz CT molecular complexity index is 75.7. The van der Waals surface area contributed by atoms with Gasteiger partial charge in [-0.25, -0.2) is 0 Å². The molecule has 0 heterocycles. The van der Waals surface area contributed by atoms with Crippen molar-refractivity contribution in [2.24, 2.45) is 0 Å². The van der Waals surface area contributed by atoms with Crippen molar-refractivity contribution in [2.45, 2.75) is 18.9 Å². The van der Waals surface area contributed by atoms with E-state index in [0.29, 0.717) is 13.2 Å². The van der Waals surface area contributed by atoms with E-state index in [1.807, 2.05) is 0 Å². The van der Waals surface area contributed by atoms with E-state index >= 15 is 0 Å². The highest BCUT2D eigenvalue weighted by molar-refractivity contribution is 4.56. The van der Waals surface area contributed by atoms with Crippen molar-refractivity contribution >= 4 is 0 Å². The zero-order valence-corrected chi connectivity index (χ0v) is 7.08. The summed E-state index contributed by atoms with van der Waals surface area (Å²) >= 11 is 0. The molecule has 11 heavy (non-hydrogen) atoms. The van der Waals surface area contributed by atoms with Gasteiger partial charge in [0.25, 0.3) is 0 Å². The van der Waals surface area contributed by atoms with Crippen LogP contribution in [0.3, 0.4) is 0 Å². The Morgan fingerprint density at radius 1 is 1.45 bits per heavy atom. The zero-order chi connectivity index (χ0) is 8.53. The first kappa shape index (κ1) is 10.9. The summed E-state index contributed by atoms with van der Waals surface area (Å²) in [6.45, 7) is 5.12. The van der Waals surface area contributed by atoms with Crippen molar-refractivity contribution < 1.29 is 14.6 Å². The Morgan fingerprint density at radius 2 is 2.18 bits per heavy atom. The Morgan fingerprint density at radius 3 is 2.73 bits per heavy atom. The SMILES string of the molecule is [CH2]C(COCCCCO)OC. The van der Waals surface area contributed by atoms with Crippen LogP contribution in [0.2, 0.25) is 0 Å². The van der Waals surface area contributed by atoms with Gasteiger partial charge in [0.05, 0.1) is 12.7 Å². The maximum absolute atomic E-state index is 8.43. The molecule has 1 N–H and O–H groups in total. The van der Waals surface area contributed by atoms with Crippen molar-refractivity contribution in [2.75, 3.05) is 26.9 Å². The summed E-state index contributed by atoms with van der Waals surface area (Å²) in [5, 5.41) is 8.43. The lowest BCUT2D eigenvalue weighted by molar-refractivity contribution is 0.0295. The second-order valence-electron chi connectivity index (χ2n) is 2.36. The number of aliphatic hydroxyl groups is 1. The van der Waals surface area contributed by atoms with Crippen molar-refractivity contribution in [3.8, 4) is 0 Å². The summed E-state index contributed by atoms with van der Waals surface area (Å²) in [6.07, 6.45) is 1.62. The molecule has 0 aliphatic carbocycles. The molecule has 0 rings (SSSR count). The third-order valence-electron chi connectivity index (χ3n) is 1.33. The van der Waals surface area contributed by atoms with Crippen molar-refractivity contribution in [3.63, 3.8) is 0 Å². The number of hydrogen-bond donors (Lipinski definition) is 1. The fraction of sp³-hybridized carbons (Fsp3) is 0.875. The van der Waals surface area contributed by atoms with E-state index < -0.39 is 0 Å². The minimum absolute atomic E-state index is 0.0795. The van der Waals surface area contributed by atoms with E-state index in [9.17, 15) is 0 Å². The van der Waals surface area contributed by atoms with Gasteiger partial charge in [-0.1, -0.05) is 0 Å². The van der Waals surface area contributed by atoms with E-state index in [4.69, 9.17) is 14.6 Å². The first-order chi connectivity index (χ1) is 5.31. The van der Waals surface area contributed by atoms with Crippen LogP contribution in [0.1, 0.15) is 12.8 Å². The Kier molecular flexibility index (Phi) is 7.89. The average Bonchev–Trinajstić information content (AvgIpc) is 2.04. The third-order valence-corrected chi connectivity index (χ3v) is 1.33. The molecule has 67 valence electrons. The summed E-state index contributed by atoms with van der Waals surface area (Å²) in [4.78, 5) is 0. The highest BCUT2D eigenvalue weighted by Gasteiger charge is 1.97. The summed E-state index contributed by atoms with van der Waals surface area (Å²) in [5.74, 6) is 0. The van der Waals surface area contributed by atoms with Crippen LogP contribution in [0.15, 0.2) is 0 Å². The first-order valence-electron chi connectivity index (χ1n) is 3.85. The lowest BCUT2D eigenvalue weighted by Gasteiger charge is -2.08. The van der Waals surface area contributed by atoms with Crippen LogP contribution < -0.4 is 0 Å². The van der Waals surface area contributed by atoms with Crippen LogP contribution >= 0.6 is 0 Å². The number of rotatable bonds is 7. The zero-order valence-electron chi connectivity index (χ0n) is 7.08.